The van der Waals surface area contributed by atoms with Crippen molar-refractivity contribution >= 4 is 34.1 Å². The van der Waals surface area contributed by atoms with Crippen molar-refractivity contribution in [2.45, 2.75) is 19.3 Å². The van der Waals surface area contributed by atoms with Crippen molar-refractivity contribution in [2.75, 3.05) is 9.80 Å². The SMILES string of the molecule is CC.c1ccc(-c2ccc(N(c3ccc(-c4ccccc4)cc3)c3ccc(-c4cccc5c4-c4ccccc4C54c5ccccc5N(c5ccccc5)c5ccccc54)cc3)cc2)cc1. The molecule has 2 aliphatic rings. The first-order valence-electron chi connectivity index (χ1n) is 22.8. The second-order valence-corrected chi connectivity index (χ2v) is 16.4. The molecule has 1 aliphatic carbocycles. The van der Waals surface area contributed by atoms with Crippen LogP contribution in [0.4, 0.5) is 34.1 Å². The Balaban J connectivity index is 0.00000231. The molecule has 0 saturated heterocycles. The molecule has 0 unspecified atom stereocenters. The summed E-state index contributed by atoms with van der Waals surface area (Å²) in [7, 11) is 0. The van der Waals surface area contributed by atoms with E-state index in [-0.39, 0.29) is 0 Å². The molecule has 1 aliphatic heterocycles. The van der Waals surface area contributed by atoms with E-state index in [9.17, 15) is 0 Å². The van der Waals surface area contributed by atoms with Gasteiger partial charge >= 0.3 is 0 Å². The number of nitrogens with zero attached hydrogens (tertiary/aromatic N) is 2. The van der Waals surface area contributed by atoms with Gasteiger partial charge in [-0.1, -0.05) is 208 Å². The van der Waals surface area contributed by atoms with Gasteiger partial charge in [-0.3, -0.25) is 0 Å². The first-order valence-corrected chi connectivity index (χ1v) is 22.8. The summed E-state index contributed by atoms with van der Waals surface area (Å²) in [4.78, 5) is 4.80. The third-order valence-corrected chi connectivity index (χ3v) is 13.1. The molecule has 10 aromatic carbocycles. The van der Waals surface area contributed by atoms with Crippen LogP contribution >= 0.6 is 0 Å². The maximum atomic E-state index is 2.44. The summed E-state index contributed by atoms with van der Waals surface area (Å²) in [5.74, 6) is 0. The molecular formula is C63H48N2. The quantitative estimate of drug-likeness (QED) is 0.158. The van der Waals surface area contributed by atoms with Gasteiger partial charge in [0.2, 0.25) is 0 Å². The summed E-state index contributed by atoms with van der Waals surface area (Å²) < 4.78 is 0. The van der Waals surface area contributed by atoms with Gasteiger partial charge in [-0.25, -0.2) is 0 Å². The van der Waals surface area contributed by atoms with Gasteiger partial charge in [-0.05, 0) is 127 Å². The Bertz CT molecular complexity index is 3120. The lowest BCUT2D eigenvalue weighted by atomic mass is 9.64. The van der Waals surface area contributed by atoms with Gasteiger partial charge in [-0.15, -0.1) is 0 Å². The molecule has 0 N–H and O–H groups in total. The minimum Gasteiger partial charge on any atom is -0.311 e. The van der Waals surface area contributed by atoms with Gasteiger partial charge in [0.15, 0.2) is 0 Å². The first-order chi connectivity index (χ1) is 32.3. The fourth-order valence-corrected chi connectivity index (χ4v) is 10.4. The number of benzene rings is 10. The van der Waals surface area contributed by atoms with E-state index < -0.39 is 5.41 Å². The van der Waals surface area contributed by atoms with Crippen LogP contribution in [0.15, 0.2) is 255 Å². The highest BCUT2D eigenvalue weighted by Crippen LogP contribution is 2.64. The van der Waals surface area contributed by atoms with Crippen molar-refractivity contribution in [2.24, 2.45) is 0 Å². The molecule has 0 radical (unpaired) electrons. The third-order valence-electron chi connectivity index (χ3n) is 13.1. The molecule has 0 amide bonds. The highest BCUT2D eigenvalue weighted by atomic mass is 15.2. The third kappa shape index (κ3) is 6.57. The molecule has 1 spiro atoms. The molecule has 0 fully saturated rings. The van der Waals surface area contributed by atoms with E-state index in [0.29, 0.717) is 0 Å². The molecule has 0 atom stereocenters. The molecule has 0 aromatic heterocycles. The van der Waals surface area contributed by atoms with Gasteiger partial charge in [0.05, 0.1) is 16.8 Å². The first kappa shape index (κ1) is 39.6. The predicted octanol–water partition coefficient (Wildman–Crippen LogP) is 17.3. The molecule has 1 heterocycles. The average Bonchev–Trinajstić information content (AvgIpc) is 3.69. The second kappa shape index (κ2) is 16.8. The van der Waals surface area contributed by atoms with Crippen molar-refractivity contribution < 1.29 is 0 Å². The van der Waals surface area contributed by atoms with Gasteiger partial charge < -0.3 is 9.80 Å². The van der Waals surface area contributed by atoms with Gasteiger partial charge in [0.25, 0.3) is 0 Å². The highest BCUT2D eigenvalue weighted by molar-refractivity contribution is 6.00. The Morgan fingerprint density at radius 3 is 1.17 bits per heavy atom. The van der Waals surface area contributed by atoms with E-state index in [1.807, 2.05) is 13.8 Å². The van der Waals surface area contributed by atoms with E-state index in [0.717, 1.165) is 22.7 Å². The van der Waals surface area contributed by atoms with Gasteiger partial charge in [0, 0.05) is 22.7 Å². The number of hydrogen-bond donors (Lipinski definition) is 0. The average molecular weight is 833 g/mol. The van der Waals surface area contributed by atoms with Crippen molar-refractivity contribution in [3.05, 3.63) is 277 Å². The van der Waals surface area contributed by atoms with Crippen molar-refractivity contribution in [3.8, 4) is 44.5 Å². The summed E-state index contributed by atoms with van der Waals surface area (Å²) in [6, 6.07) is 93.1. The summed E-state index contributed by atoms with van der Waals surface area (Å²) in [5.41, 5.74) is 21.4. The topological polar surface area (TPSA) is 6.48 Å². The lowest BCUT2D eigenvalue weighted by molar-refractivity contribution is 0.753. The molecule has 10 aromatic rings. The number of rotatable bonds is 7. The van der Waals surface area contributed by atoms with Crippen LogP contribution in [0.3, 0.4) is 0 Å². The van der Waals surface area contributed by atoms with E-state index in [1.54, 1.807) is 0 Å². The van der Waals surface area contributed by atoms with Crippen LogP contribution < -0.4 is 9.80 Å². The maximum absolute atomic E-state index is 2.44. The van der Waals surface area contributed by atoms with Crippen LogP contribution in [0.25, 0.3) is 44.5 Å². The molecule has 65 heavy (non-hydrogen) atoms. The van der Waals surface area contributed by atoms with Crippen molar-refractivity contribution in [1.29, 1.82) is 0 Å². The lowest BCUT2D eigenvalue weighted by Gasteiger charge is -2.45. The van der Waals surface area contributed by atoms with Crippen LogP contribution in [0.2, 0.25) is 0 Å². The Morgan fingerprint density at radius 2 is 0.662 bits per heavy atom. The van der Waals surface area contributed by atoms with E-state index in [2.05, 4.69) is 265 Å². The summed E-state index contributed by atoms with van der Waals surface area (Å²) in [5, 5.41) is 0. The maximum Gasteiger partial charge on any atom is 0.0754 e. The summed E-state index contributed by atoms with van der Waals surface area (Å²) in [6.45, 7) is 4.00. The number of fused-ring (bicyclic) bond motifs is 9. The second-order valence-electron chi connectivity index (χ2n) is 16.4. The molecule has 310 valence electrons. The molecule has 12 rings (SSSR count). The minimum absolute atomic E-state index is 0.505. The Morgan fingerprint density at radius 1 is 0.292 bits per heavy atom. The zero-order valence-electron chi connectivity index (χ0n) is 36.6. The Labute approximate surface area is 383 Å². The predicted molar refractivity (Wildman–Crippen MR) is 274 cm³/mol. The molecule has 2 nitrogen and oxygen atoms in total. The Kier molecular flexibility index (Phi) is 10.3. The fraction of sp³-hybridized carbons (Fsp3) is 0.0476. The van der Waals surface area contributed by atoms with E-state index in [4.69, 9.17) is 0 Å². The molecule has 0 saturated carbocycles. The van der Waals surface area contributed by atoms with Gasteiger partial charge in [-0.2, -0.15) is 0 Å². The minimum atomic E-state index is -0.505. The highest BCUT2D eigenvalue weighted by Gasteiger charge is 2.52. The number of hydrogen-bond acceptors (Lipinski definition) is 2. The zero-order valence-corrected chi connectivity index (χ0v) is 36.6. The molecular weight excluding hydrogens is 785 g/mol. The van der Waals surface area contributed by atoms with Gasteiger partial charge in [0.1, 0.15) is 0 Å². The zero-order chi connectivity index (χ0) is 43.7. The Hall–Kier alpha value is -8.20. The summed E-state index contributed by atoms with van der Waals surface area (Å²) in [6.07, 6.45) is 0. The van der Waals surface area contributed by atoms with Crippen LogP contribution in [0.1, 0.15) is 36.1 Å². The smallest absolute Gasteiger partial charge is 0.0754 e. The van der Waals surface area contributed by atoms with Crippen LogP contribution in [0.5, 0.6) is 0 Å². The van der Waals surface area contributed by atoms with Crippen LogP contribution in [-0.4, -0.2) is 0 Å². The van der Waals surface area contributed by atoms with E-state index in [1.165, 1.54) is 78.1 Å². The van der Waals surface area contributed by atoms with Crippen molar-refractivity contribution in [1.82, 2.24) is 0 Å². The lowest BCUT2D eigenvalue weighted by Crippen LogP contribution is -2.36. The van der Waals surface area contributed by atoms with Crippen LogP contribution in [-0.2, 0) is 5.41 Å². The molecule has 0 bridgehead atoms. The molecule has 2 heteroatoms. The number of para-hydroxylation sites is 3. The normalized spacial score (nSPS) is 12.6. The number of anilines is 6. The largest absolute Gasteiger partial charge is 0.311 e. The van der Waals surface area contributed by atoms with E-state index >= 15 is 0 Å². The van der Waals surface area contributed by atoms with Crippen LogP contribution in [0, 0.1) is 0 Å². The monoisotopic (exact) mass is 832 g/mol. The van der Waals surface area contributed by atoms with Crippen molar-refractivity contribution in [3.63, 3.8) is 0 Å². The fourth-order valence-electron chi connectivity index (χ4n) is 10.4. The standard InChI is InChI=1S/C61H42N2.C2H6/c1-4-17-43(18-5-1)45-31-37-49(38-32-45)62(50-39-33-46(34-40-50)44-19-6-2-7-20-44)51-41-35-47(36-42-51)52-24-16-28-57-60(52)53-23-10-11-25-54(53)61(57)55-26-12-14-29-58(55)63(48-21-8-3-9-22-48)59-30-15-13-27-56(59)61;1-2/h1-42H;1-2H3. The summed E-state index contributed by atoms with van der Waals surface area (Å²) >= 11 is 0.